The van der Waals surface area contributed by atoms with E-state index in [0.717, 1.165) is 0 Å². The zero-order valence-electron chi connectivity index (χ0n) is 8.86. The molecule has 2 unspecified atom stereocenters. The van der Waals surface area contributed by atoms with Gasteiger partial charge in [-0.3, -0.25) is 46.2 Å². The number of nitro groups is 4. The quantitative estimate of drug-likeness (QED) is 0.375. The van der Waals surface area contributed by atoms with Crippen LogP contribution in [0.3, 0.4) is 0 Å². The first-order valence-electron chi connectivity index (χ1n) is 4.41. The van der Waals surface area contributed by atoms with Gasteiger partial charge in [0.05, 0.1) is 26.9 Å². The van der Waals surface area contributed by atoms with Gasteiger partial charge in [0, 0.05) is 4.92 Å². The molecule has 0 bridgehead atoms. The van der Waals surface area contributed by atoms with Crippen LogP contribution < -0.4 is 5.73 Å². The van der Waals surface area contributed by atoms with Crippen LogP contribution in [0.2, 0.25) is 0 Å². The van der Waals surface area contributed by atoms with Gasteiger partial charge in [-0.25, -0.2) is 0 Å². The SMILES string of the molecule is NC1([N+](=O)[O-])C=C([N+](=O)[O-])C=C([N+](=O)[O-])C1[N+](=O)[O-]. The van der Waals surface area contributed by atoms with Crippen LogP contribution in [-0.4, -0.2) is 31.4 Å². The third-order valence-corrected chi connectivity index (χ3v) is 2.34. The van der Waals surface area contributed by atoms with Gasteiger partial charge in [-0.2, -0.15) is 0 Å². The summed E-state index contributed by atoms with van der Waals surface area (Å²) in [7, 11) is 0. The van der Waals surface area contributed by atoms with Crippen molar-refractivity contribution < 1.29 is 19.7 Å². The second-order valence-corrected chi connectivity index (χ2v) is 3.48. The fourth-order valence-electron chi connectivity index (χ4n) is 1.51. The lowest BCUT2D eigenvalue weighted by atomic mass is 9.92. The van der Waals surface area contributed by atoms with Crippen molar-refractivity contribution in [1.29, 1.82) is 0 Å². The lowest BCUT2D eigenvalue weighted by Crippen LogP contribution is -2.61. The Morgan fingerprint density at radius 3 is 1.89 bits per heavy atom. The molecule has 0 saturated heterocycles. The van der Waals surface area contributed by atoms with Crippen LogP contribution >= 0.6 is 0 Å². The number of nitrogens with two attached hydrogens (primary N) is 1. The van der Waals surface area contributed by atoms with E-state index in [-0.39, 0.29) is 12.2 Å². The van der Waals surface area contributed by atoms with E-state index < -0.39 is 42.8 Å². The molecule has 0 radical (unpaired) electrons. The third kappa shape index (κ3) is 2.21. The summed E-state index contributed by atoms with van der Waals surface area (Å²) in [6.45, 7) is 0. The van der Waals surface area contributed by atoms with Gasteiger partial charge in [0.2, 0.25) is 0 Å². The monoisotopic (exact) mass is 275 g/mol. The average molecular weight is 275 g/mol. The van der Waals surface area contributed by atoms with Crippen molar-refractivity contribution in [2.24, 2.45) is 5.73 Å². The van der Waals surface area contributed by atoms with E-state index in [4.69, 9.17) is 5.73 Å². The molecular weight excluding hydrogens is 270 g/mol. The first-order valence-corrected chi connectivity index (χ1v) is 4.41. The van der Waals surface area contributed by atoms with Crippen molar-refractivity contribution in [3.8, 4) is 0 Å². The minimum Gasteiger partial charge on any atom is -0.263 e. The molecular formula is C6H5N5O8. The van der Waals surface area contributed by atoms with Gasteiger partial charge in [-0.1, -0.05) is 0 Å². The van der Waals surface area contributed by atoms with Gasteiger partial charge < -0.3 is 0 Å². The van der Waals surface area contributed by atoms with Crippen LogP contribution in [-0.2, 0) is 0 Å². The summed E-state index contributed by atoms with van der Waals surface area (Å²) >= 11 is 0. The molecule has 0 aromatic rings. The van der Waals surface area contributed by atoms with E-state index >= 15 is 0 Å². The molecule has 0 aromatic carbocycles. The Kier molecular flexibility index (Phi) is 3.25. The number of hydrogen-bond acceptors (Lipinski definition) is 9. The van der Waals surface area contributed by atoms with E-state index in [9.17, 15) is 40.5 Å². The highest BCUT2D eigenvalue weighted by molar-refractivity contribution is 5.29. The van der Waals surface area contributed by atoms with E-state index in [0.29, 0.717) is 0 Å². The highest BCUT2D eigenvalue weighted by Gasteiger charge is 2.64. The number of nitrogens with zero attached hydrogens (tertiary/aromatic N) is 4. The smallest absolute Gasteiger partial charge is 0.263 e. The van der Waals surface area contributed by atoms with Crippen LogP contribution in [0.1, 0.15) is 0 Å². The Bertz CT molecular complexity index is 552. The molecule has 0 aliphatic heterocycles. The number of allylic oxidation sites excluding steroid dienone is 1. The van der Waals surface area contributed by atoms with Crippen LogP contribution in [0.25, 0.3) is 0 Å². The van der Waals surface area contributed by atoms with Crippen molar-refractivity contribution >= 4 is 0 Å². The van der Waals surface area contributed by atoms with E-state index in [1.165, 1.54) is 0 Å². The lowest BCUT2D eigenvalue weighted by molar-refractivity contribution is -0.653. The topological polar surface area (TPSA) is 199 Å². The Morgan fingerprint density at radius 2 is 1.58 bits per heavy atom. The van der Waals surface area contributed by atoms with Gasteiger partial charge in [-0.05, 0) is 0 Å². The zero-order chi connectivity index (χ0) is 15.0. The molecule has 1 rings (SSSR count). The summed E-state index contributed by atoms with van der Waals surface area (Å²) in [5.41, 5.74) is -0.303. The summed E-state index contributed by atoms with van der Waals surface area (Å²) in [5.74, 6) is 0. The molecule has 0 spiro atoms. The first-order chi connectivity index (χ1) is 8.61. The van der Waals surface area contributed by atoms with Crippen LogP contribution in [0, 0.1) is 40.5 Å². The summed E-state index contributed by atoms with van der Waals surface area (Å²) < 4.78 is 0. The van der Waals surface area contributed by atoms with Gasteiger partial charge in [0.25, 0.3) is 5.70 Å². The van der Waals surface area contributed by atoms with Gasteiger partial charge >= 0.3 is 17.4 Å². The number of rotatable bonds is 4. The largest absolute Gasteiger partial charge is 0.387 e. The molecule has 13 nitrogen and oxygen atoms in total. The lowest BCUT2D eigenvalue weighted by Gasteiger charge is -2.20. The molecule has 2 N–H and O–H groups in total. The van der Waals surface area contributed by atoms with E-state index in [1.807, 2.05) is 0 Å². The fraction of sp³-hybridized carbons (Fsp3) is 0.333. The molecule has 1 aliphatic carbocycles. The first kappa shape index (κ1) is 14.1. The Hall–Kier alpha value is -2.96. The maximum Gasteiger partial charge on any atom is 0.387 e. The van der Waals surface area contributed by atoms with Gasteiger partial charge in [0.15, 0.2) is 0 Å². The molecule has 1 aliphatic rings. The summed E-state index contributed by atoms with van der Waals surface area (Å²) in [6, 6.07) is -2.53. The van der Waals surface area contributed by atoms with Crippen molar-refractivity contribution in [1.82, 2.24) is 0 Å². The molecule has 13 heteroatoms. The van der Waals surface area contributed by atoms with Crippen LogP contribution in [0.5, 0.6) is 0 Å². The maximum atomic E-state index is 10.8. The molecule has 102 valence electrons. The number of hydrogen-bond donors (Lipinski definition) is 1. The predicted octanol–water partition coefficient (Wildman–Crippen LogP) is -1.10. The highest BCUT2D eigenvalue weighted by Crippen LogP contribution is 2.28. The molecule has 0 heterocycles. The summed E-state index contributed by atoms with van der Waals surface area (Å²) in [4.78, 5) is 37.5. The van der Waals surface area contributed by atoms with Crippen LogP contribution in [0.15, 0.2) is 23.5 Å². The maximum absolute atomic E-state index is 10.8. The zero-order valence-corrected chi connectivity index (χ0v) is 8.86. The molecule has 2 atom stereocenters. The van der Waals surface area contributed by atoms with Gasteiger partial charge in [0.1, 0.15) is 0 Å². The van der Waals surface area contributed by atoms with E-state index in [2.05, 4.69) is 0 Å². The van der Waals surface area contributed by atoms with Gasteiger partial charge in [-0.15, -0.1) is 0 Å². The van der Waals surface area contributed by atoms with Crippen molar-refractivity contribution in [3.63, 3.8) is 0 Å². The minimum atomic E-state index is -3.07. The molecule has 0 amide bonds. The Labute approximate surface area is 102 Å². The Balaban J connectivity index is 3.58. The van der Waals surface area contributed by atoms with Crippen molar-refractivity contribution in [2.45, 2.75) is 11.7 Å². The van der Waals surface area contributed by atoms with Crippen LogP contribution in [0.4, 0.5) is 0 Å². The predicted molar refractivity (Wildman–Crippen MR) is 54.8 cm³/mol. The molecule has 0 fully saturated rings. The van der Waals surface area contributed by atoms with Crippen molar-refractivity contribution in [3.05, 3.63) is 64.0 Å². The normalized spacial score (nSPS) is 26.1. The average Bonchev–Trinajstić information content (AvgIpc) is 2.26. The second kappa shape index (κ2) is 4.37. The minimum absolute atomic E-state index is 0.216. The summed E-state index contributed by atoms with van der Waals surface area (Å²) in [6.07, 6.45) is 0.496. The standard InChI is InChI=1S/C6H5N5O8/c7-6(11(18)19)2-3(8(12)13)1-4(9(14)15)5(6)10(16)17/h1-2,5H,7H2. The third-order valence-electron chi connectivity index (χ3n) is 2.34. The summed E-state index contributed by atoms with van der Waals surface area (Å²) in [5, 5.41) is 42.7. The fourth-order valence-corrected chi connectivity index (χ4v) is 1.51. The molecule has 0 aromatic heterocycles. The van der Waals surface area contributed by atoms with E-state index in [1.54, 1.807) is 0 Å². The Morgan fingerprint density at radius 1 is 1.05 bits per heavy atom. The van der Waals surface area contributed by atoms with Crippen molar-refractivity contribution in [2.75, 3.05) is 0 Å². The molecule has 19 heavy (non-hydrogen) atoms. The second-order valence-electron chi connectivity index (χ2n) is 3.48. The molecule has 0 saturated carbocycles. The highest BCUT2D eigenvalue weighted by atomic mass is 16.7.